The van der Waals surface area contributed by atoms with Crippen LogP contribution >= 0.6 is 0 Å². The van der Waals surface area contributed by atoms with Crippen molar-refractivity contribution in [3.05, 3.63) is 24.3 Å². The maximum absolute atomic E-state index is 11.9. The van der Waals surface area contributed by atoms with E-state index in [2.05, 4.69) is 5.32 Å². The number of hydrogen-bond donors (Lipinski definition) is 1. The van der Waals surface area contributed by atoms with Crippen molar-refractivity contribution in [2.45, 2.75) is 38.9 Å². The molecule has 0 spiro atoms. The number of cyclic esters (lactones) is 1. The molecule has 1 aliphatic rings. The van der Waals surface area contributed by atoms with E-state index in [0.717, 1.165) is 11.4 Å². The molecule has 1 heterocycles. The van der Waals surface area contributed by atoms with Gasteiger partial charge in [0.2, 0.25) is 5.91 Å². The van der Waals surface area contributed by atoms with Gasteiger partial charge in [-0.1, -0.05) is 0 Å². The van der Waals surface area contributed by atoms with Crippen molar-refractivity contribution in [1.29, 1.82) is 0 Å². The molecule has 6 heteroatoms. The van der Waals surface area contributed by atoms with Crippen molar-refractivity contribution in [3.63, 3.8) is 0 Å². The molecule has 0 saturated carbocycles. The number of nitrogens with zero attached hydrogens (tertiary/aromatic N) is 1. The Hall–Kier alpha value is -2.24. The quantitative estimate of drug-likeness (QED) is 0.877. The average Bonchev–Trinajstić information content (AvgIpc) is 2.77. The van der Waals surface area contributed by atoms with E-state index in [-0.39, 0.29) is 24.2 Å². The maximum atomic E-state index is 11.9. The molecule has 0 radical (unpaired) electrons. The zero-order valence-electron chi connectivity index (χ0n) is 13.2. The Kier molecular flexibility index (Phi) is 5.25. The largest absolute Gasteiger partial charge is 0.491 e. The normalized spacial score (nSPS) is 17.5. The van der Waals surface area contributed by atoms with Gasteiger partial charge in [0.1, 0.15) is 11.9 Å². The van der Waals surface area contributed by atoms with Crippen LogP contribution in [0.2, 0.25) is 0 Å². The van der Waals surface area contributed by atoms with Crippen molar-refractivity contribution in [2.24, 2.45) is 0 Å². The van der Waals surface area contributed by atoms with E-state index in [0.29, 0.717) is 19.4 Å². The van der Waals surface area contributed by atoms with Crippen molar-refractivity contribution in [3.8, 4) is 5.75 Å². The molecular weight excluding hydrogens is 284 g/mol. The van der Waals surface area contributed by atoms with Gasteiger partial charge in [0, 0.05) is 19.2 Å². The first-order valence-corrected chi connectivity index (χ1v) is 7.42. The van der Waals surface area contributed by atoms with Crippen LogP contribution in [-0.2, 0) is 9.53 Å². The Morgan fingerprint density at radius 1 is 1.41 bits per heavy atom. The number of amides is 2. The van der Waals surface area contributed by atoms with E-state index in [1.54, 1.807) is 19.2 Å². The minimum absolute atomic E-state index is 0.0943. The molecule has 1 aromatic rings. The highest BCUT2D eigenvalue weighted by molar-refractivity contribution is 5.90. The lowest BCUT2D eigenvalue weighted by Gasteiger charge is -2.11. The van der Waals surface area contributed by atoms with Crippen molar-refractivity contribution in [2.75, 3.05) is 18.9 Å². The van der Waals surface area contributed by atoms with Crippen LogP contribution in [0.25, 0.3) is 0 Å². The van der Waals surface area contributed by atoms with Gasteiger partial charge in [-0.25, -0.2) is 4.79 Å². The smallest absolute Gasteiger partial charge is 0.409 e. The average molecular weight is 306 g/mol. The Bertz CT molecular complexity index is 527. The molecular formula is C16H22N2O4. The number of anilines is 1. The highest BCUT2D eigenvalue weighted by Crippen LogP contribution is 2.18. The Balaban J connectivity index is 1.76. The fraction of sp³-hybridized carbons (Fsp3) is 0.500. The number of nitrogens with one attached hydrogen (secondary N) is 1. The van der Waals surface area contributed by atoms with Gasteiger partial charge >= 0.3 is 6.09 Å². The fourth-order valence-electron chi connectivity index (χ4n) is 2.20. The number of rotatable bonds is 6. The van der Waals surface area contributed by atoms with E-state index in [4.69, 9.17) is 9.47 Å². The van der Waals surface area contributed by atoms with Gasteiger partial charge in [0.15, 0.2) is 0 Å². The van der Waals surface area contributed by atoms with Gasteiger partial charge in [0.05, 0.1) is 12.6 Å². The second-order valence-electron chi connectivity index (χ2n) is 5.66. The number of hydrogen-bond acceptors (Lipinski definition) is 4. The molecule has 0 aliphatic carbocycles. The molecule has 1 aliphatic heterocycles. The molecule has 6 nitrogen and oxygen atoms in total. The van der Waals surface area contributed by atoms with Crippen LogP contribution in [0.5, 0.6) is 5.75 Å². The lowest BCUT2D eigenvalue weighted by molar-refractivity contribution is -0.116. The zero-order chi connectivity index (χ0) is 16.1. The summed E-state index contributed by atoms with van der Waals surface area (Å²) in [5.74, 6) is 0.678. The van der Waals surface area contributed by atoms with E-state index >= 15 is 0 Å². The Morgan fingerprint density at radius 2 is 2.09 bits per heavy atom. The summed E-state index contributed by atoms with van der Waals surface area (Å²) in [6.07, 6.45) is 0.427. The molecule has 1 atom stereocenters. The first-order chi connectivity index (χ1) is 10.4. The van der Waals surface area contributed by atoms with E-state index in [9.17, 15) is 9.59 Å². The molecule has 2 amide bonds. The second kappa shape index (κ2) is 7.15. The molecule has 2 rings (SSSR count). The third-order valence-electron chi connectivity index (χ3n) is 3.26. The monoisotopic (exact) mass is 306 g/mol. The predicted octanol–water partition coefficient (Wildman–Crippen LogP) is 2.64. The van der Waals surface area contributed by atoms with Crippen LogP contribution < -0.4 is 10.1 Å². The summed E-state index contributed by atoms with van der Waals surface area (Å²) in [6, 6.07) is 7.25. The van der Waals surface area contributed by atoms with E-state index < -0.39 is 0 Å². The highest BCUT2D eigenvalue weighted by atomic mass is 16.6. The Morgan fingerprint density at radius 3 is 2.64 bits per heavy atom. The first kappa shape index (κ1) is 16.1. The molecule has 1 N–H and O–H groups in total. The number of likely N-dealkylation sites (N-methyl/N-ethyl adjacent to an activating group) is 1. The molecule has 1 aromatic carbocycles. The minimum Gasteiger partial charge on any atom is -0.491 e. The third kappa shape index (κ3) is 4.65. The van der Waals surface area contributed by atoms with Crippen LogP contribution in [0, 0.1) is 0 Å². The molecule has 22 heavy (non-hydrogen) atoms. The highest BCUT2D eigenvalue weighted by Gasteiger charge is 2.28. The lowest BCUT2D eigenvalue weighted by Crippen LogP contribution is -2.20. The number of carbonyl (C=O) groups excluding carboxylic acids is 2. The van der Waals surface area contributed by atoms with Gasteiger partial charge < -0.3 is 19.7 Å². The molecule has 120 valence electrons. The SMILES string of the molecule is CC(C)Oc1ccc(NC(=O)CCC2CN(C)C(=O)O2)cc1. The fourth-order valence-corrected chi connectivity index (χ4v) is 2.20. The second-order valence-corrected chi connectivity index (χ2v) is 5.66. The van der Waals surface area contributed by atoms with E-state index in [1.807, 2.05) is 26.0 Å². The van der Waals surface area contributed by atoms with Crippen LogP contribution in [0.15, 0.2) is 24.3 Å². The summed E-state index contributed by atoms with van der Waals surface area (Å²) in [7, 11) is 1.68. The zero-order valence-corrected chi connectivity index (χ0v) is 13.2. The van der Waals surface area contributed by atoms with Crippen LogP contribution in [0.1, 0.15) is 26.7 Å². The number of benzene rings is 1. The summed E-state index contributed by atoms with van der Waals surface area (Å²) in [5, 5.41) is 2.82. The van der Waals surface area contributed by atoms with Crippen LogP contribution in [-0.4, -0.2) is 42.7 Å². The van der Waals surface area contributed by atoms with Gasteiger partial charge in [0.25, 0.3) is 0 Å². The molecule has 1 saturated heterocycles. The van der Waals surface area contributed by atoms with Crippen LogP contribution in [0.3, 0.4) is 0 Å². The Labute approximate surface area is 130 Å². The molecule has 1 fully saturated rings. The van der Waals surface area contributed by atoms with Gasteiger partial charge in [-0.2, -0.15) is 0 Å². The van der Waals surface area contributed by atoms with E-state index in [1.165, 1.54) is 4.90 Å². The summed E-state index contributed by atoms with van der Waals surface area (Å²) >= 11 is 0. The van der Waals surface area contributed by atoms with Gasteiger partial charge in [-0.15, -0.1) is 0 Å². The summed E-state index contributed by atoms with van der Waals surface area (Å²) < 4.78 is 10.7. The van der Waals surface area contributed by atoms with Gasteiger partial charge in [-0.05, 0) is 44.5 Å². The van der Waals surface area contributed by atoms with Crippen molar-refractivity contribution in [1.82, 2.24) is 4.90 Å². The summed E-state index contributed by atoms with van der Waals surface area (Å²) in [4.78, 5) is 24.6. The molecule has 0 aromatic heterocycles. The topological polar surface area (TPSA) is 67.9 Å². The predicted molar refractivity (Wildman–Crippen MR) is 83.0 cm³/mol. The maximum Gasteiger partial charge on any atom is 0.409 e. The first-order valence-electron chi connectivity index (χ1n) is 7.42. The number of ether oxygens (including phenoxy) is 2. The molecule has 1 unspecified atom stereocenters. The van der Waals surface area contributed by atoms with Crippen molar-refractivity contribution < 1.29 is 19.1 Å². The molecule has 0 bridgehead atoms. The summed E-state index contributed by atoms with van der Waals surface area (Å²) in [6.45, 7) is 4.46. The third-order valence-corrected chi connectivity index (χ3v) is 3.26. The van der Waals surface area contributed by atoms with Crippen molar-refractivity contribution >= 4 is 17.7 Å². The minimum atomic E-state index is -0.328. The standard InChI is InChI=1S/C16H22N2O4/c1-11(2)21-13-6-4-12(5-7-13)17-15(19)9-8-14-10-18(3)16(20)22-14/h4-7,11,14H,8-10H2,1-3H3,(H,17,19). The number of carbonyl (C=O) groups is 2. The van der Waals surface area contributed by atoms with Gasteiger partial charge in [-0.3, -0.25) is 4.79 Å². The lowest BCUT2D eigenvalue weighted by atomic mass is 10.2. The van der Waals surface area contributed by atoms with Crippen LogP contribution in [0.4, 0.5) is 10.5 Å². The summed E-state index contributed by atoms with van der Waals surface area (Å²) in [5.41, 5.74) is 0.724.